The fourth-order valence-corrected chi connectivity index (χ4v) is 2.86. The molecule has 0 aliphatic rings. The lowest BCUT2D eigenvalue weighted by Gasteiger charge is -2.05. The van der Waals surface area contributed by atoms with E-state index in [1.165, 1.54) is 5.56 Å². The van der Waals surface area contributed by atoms with E-state index in [0.29, 0.717) is 18.8 Å². The van der Waals surface area contributed by atoms with Crippen molar-refractivity contribution in [3.05, 3.63) is 52.0 Å². The van der Waals surface area contributed by atoms with Gasteiger partial charge in [0.25, 0.3) is 5.91 Å². The standard InChI is InChI=1S/C17H23N3O2S.2ClH/c1-22-12-11-18-9-10-19-17(21)15-13-23-16(20-15)8-7-14-5-3-2-4-6-14;;/h2-6,13,18H,7-12H2,1H3,(H,19,21);2*1H. The van der Waals surface area contributed by atoms with Gasteiger partial charge >= 0.3 is 0 Å². The third-order valence-electron chi connectivity index (χ3n) is 3.33. The van der Waals surface area contributed by atoms with Crippen LogP contribution in [0.2, 0.25) is 0 Å². The Morgan fingerprint density at radius 1 is 1.12 bits per heavy atom. The number of benzene rings is 1. The highest BCUT2D eigenvalue weighted by molar-refractivity contribution is 7.09. The number of aryl methyl sites for hydroxylation is 2. The molecule has 0 bridgehead atoms. The van der Waals surface area contributed by atoms with E-state index in [0.717, 1.165) is 30.9 Å². The van der Waals surface area contributed by atoms with Gasteiger partial charge in [0.1, 0.15) is 5.69 Å². The van der Waals surface area contributed by atoms with Crippen molar-refractivity contribution in [2.45, 2.75) is 12.8 Å². The van der Waals surface area contributed by atoms with Gasteiger partial charge in [-0.15, -0.1) is 36.2 Å². The molecule has 0 atom stereocenters. The summed E-state index contributed by atoms with van der Waals surface area (Å²) >= 11 is 1.54. The number of thiazole rings is 1. The molecule has 0 aliphatic heterocycles. The number of halogens is 2. The summed E-state index contributed by atoms with van der Waals surface area (Å²) in [4.78, 5) is 16.4. The van der Waals surface area contributed by atoms with Crippen LogP contribution >= 0.6 is 36.2 Å². The van der Waals surface area contributed by atoms with Crippen molar-refractivity contribution in [3.63, 3.8) is 0 Å². The van der Waals surface area contributed by atoms with Gasteiger partial charge in [-0.3, -0.25) is 4.79 Å². The van der Waals surface area contributed by atoms with E-state index in [-0.39, 0.29) is 30.7 Å². The molecule has 0 saturated carbocycles. The van der Waals surface area contributed by atoms with Gasteiger partial charge in [0, 0.05) is 38.5 Å². The monoisotopic (exact) mass is 405 g/mol. The van der Waals surface area contributed by atoms with Crippen LogP contribution in [-0.4, -0.2) is 44.2 Å². The summed E-state index contributed by atoms with van der Waals surface area (Å²) < 4.78 is 4.94. The van der Waals surface area contributed by atoms with Crippen LogP contribution in [0.5, 0.6) is 0 Å². The highest BCUT2D eigenvalue weighted by Gasteiger charge is 2.10. The minimum Gasteiger partial charge on any atom is -0.383 e. The minimum atomic E-state index is -0.110. The molecule has 5 nitrogen and oxygen atoms in total. The second kappa shape index (κ2) is 14.0. The third kappa shape index (κ3) is 9.18. The van der Waals surface area contributed by atoms with Crippen LogP contribution in [-0.2, 0) is 17.6 Å². The highest BCUT2D eigenvalue weighted by Crippen LogP contribution is 2.13. The first-order valence-electron chi connectivity index (χ1n) is 7.76. The van der Waals surface area contributed by atoms with Crippen molar-refractivity contribution < 1.29 is 9.53 Å². The summed E-state index contributed by atoms with van der Waals surface area (Å²) in [5, 5.41) is 8.87. The molecular weight excluding hydrogens is 381 g/mol. The van der Waals surface area contributed by atoms with E-state index < -0.39 is 0 Å². The van der Waals surface area contributed by atoms with Crippen LogP contribution in [0.4, 0.5) is 0 Å². The highest BCUT2D eigenvalue weighted by atomic mass is 35.5. The zero-order valence-corrected chi connectivity index (χ0v) is 16.6. The van der Waals surface area contributed by atoms with Crippen LogP contribution in [0, 0.1) is 0 Å². The maximum Gasteiger partial charge on any atom is 0.270 e. The molecule has 0 radical (unpaired) electrons. The van der Waals surface area contributed by atoms with Crippen molar-refractivity contribution in [2.24, 2.45) is 0 Å². The molecule has 8 heteroatoms. The molecule has 25 heavy (non-hydrogen) atoms. The van der Waals surface area contributed by atoms with Crippen molar-refractivity contribution in [3.8, 4) is 0 Å². The molecule has 1 aromatic heterocycles. The molecule has 0 aliphatic carbocycles. The SMILES string of the molecule is COCCNCCNC(=O)c1csc(CCc2ccccc2)n1.Cl.Cl. The number of hydrogen-bond acceptors (Lipinski definition) is 5. The summed E-state index contributed by atoms with van der Waals surface area (Å²) in [7, 11) is 1.67. The maximum atomic E-state index is 12.0. The topological polar surface area (TPSA) is 63.2 Å². The fraction of sp³-hybridized carbons (Fsp3) is 0.412. The Balaban J connectivity index is 0.00000288. The predicted octanol–water partition coefficient (Wildman–Crippen LogP) is 2.74. The molecular formula is C17H25Cl2N3O2S. The Labute approximate surface area is 165 Å². The number of hydrogen-bond donors (Lipinski definition) is 2. The Kier molecular flexibility index (Phi) is 13.4. The van der Waals surface area contributed by atoms with Crippen LogP contribution < -0.4 is 10.6 Å². The van der Waals surface area contributed by atoms with Gasteiger partial charge in [-0.05, 0) is 12.0 Å². The van der Waals surface area contributed by atoms with E-state index in [1.54, 1.807) is 18.4 Å². The number of amides is 1. The molecule has 2 N–H and O–H groups in total. The molecule has 2 rings (SSSR count). The molecule has 1 amide bonds. The number of methoxy groups -OCH3 is 1. The molecule has 0 saturated heterocycles. The van der Waals surface area contributed by atoms with Crippen LogP contribution in [0.3, 0.4) is 0 Å². The summed E-state index contributed by atoms with van der Waals surface area (Å²) in [6.07, 6.45) is 1.80. The van der Waals surface area contributed by atoms with E-state index >= 15 is 0 Å². The van der Waals surface area contributed by atoms with E-state index in [1.807, 2.05) is 23.6 Å². The molecule has 0 spiro atoms. The van der Waals surface area contributed by atoms with Gasteiger partial charge in [-0.25, -0.2) is 4.98 Å². The molecule has 1 aromatic carbocycles. The first-order valence-corrected chi connectivity index (χ1v) is 8.63. The largest absolute Gasteiger partial charge is 0.383 e. The van der Waals surface area contributed by atoms with Crippen LogP contribution in [0.25, 0.3) is 0 Å². The molecule has 1 heterocycles. The van der Waals surface area contributed by atoms with Crippen molar-refractivity contribution in [1.29, 1.82) is 0 Å². The average Bonchev–Trinajstić information content (AvgIpc) is 3.06. The Morgan fingerprint density at radius 2 is 1.88 bits per heavy atom. The van der Waals surface area contributed by atoms with Gasteiger partial charge < -0.3 is 15.4 Å². The number of ether oxygens (including phenoxy) is 1. The zero-order chi connectivity index (χ0) is 16.3. The molecule has 140 valence electrons. The predicted molar refractivity (Wildman–Crippen MR) is 108 cm³/mol. The third-order valence-corrected chi connectivity index (χ3v) is 4.23. The van der Waals surface area contributed by atoms with Gasteiger partial charge in [-0.2, -0.15) is 0 Å². The number of aromatic nitrogens is 1. The molecule has 2 aromatic rings. The second-order valence-corrected chi connectivity index (χ2v) is 6.05. The number of carbonyl (C=O) groups is 1. The second-order valence-electron chi connectivity index (χ2n) is 5.11. The normalized spacial score (nSPS) is 9.80. The quantitative estimate of drug-likeness (QED) is 0.596. The summed E-state index contributed by atoms with van der Waals surface area (Å²) in [6.45, 7) is 2.76. The van der Waals surface area contributed by atoms with E-state index in [2.05, 4.69) is 27.8 Å². The lowest BCUT2D eigenvalue weighted by molar-refractivity contribution is 0.0949. The summed E-state index contributed by atoms with van der Waals surface area (Å²) in [6, 6.07) is 10.3. The number of nitrogens with one attached hydrogen (secondary N) is 2. The van der Waals surface area contributed by atoms with Crippen molar-refractivity contribution >= 4 is 42.1 Å². The van der Waals surface area contributed by atoms with Crippen LogP contribution in [0.1, 0.15) is 21.1 Å². The maximum absolute atomic E-state index is 12.0. The van der Waals surface area contributed by atoms with Crippen LogP contribution in [0.15, 0.2) is 35.7 Å². The van der Waals surface area contributed by atoms with Crippen molar-refractivity contribution in [1.82, 2.24) is 15.6 Å². The molecule has 0 unspecified atom stereocenters. The molecule has 0 fully saturated rings. The Morgan fingerprint density at radius 3 is 2.60 bits per heavy atom. The average molecular weight is 406 g/mol. The fourth-order valence-electron chi connectivity index (χ4n) is 2.08. The Bertz CT molecular complexity index is 597. The lowest BCUT2D eigenvalue weighted by atomic mass is 10.1. The summed E-state index contributed by atoms with van der Waals surface area (Å²) in [5.74, 6) is -0.110. The first-order chi connectivity index (χ1) is 11.3. The van der Waals surface area contributed by atoms with Gasteiger partial charge in [0.2, 0.25) is 0 Å². The smallest absolute Gasteiger partial charge is 0.270 e. The Hall–Kier alpha value is -1.18. The van der Waals surface area contributed by atoms with Crippen molar-refractivity contribution in [2.75, 3.05) is 33.4 Å². The van der Waals surface area contributed by atoms with Gasteiger partial charge in [0.15, 0.2) is 0 Å². The number of rotatable bonds is 10. The van der Waals surface area contributed by atoms with Gasteiger partial charge in [-0.1, -0.05) is 30.3 Å². The van der Waals surface area contributed by atoms with E-state index in [4.69, 9.17) is 4.74 Å². The first kappa shape index (κ1) is 23.8. The van der Waals surface area contributed by atoms with E-state index in [9.17, 15) is 4.79 Å². The number of nitrogens with zero attached hydrogens (tertiary/aromatic N) is 1. The zero-order valence-electron chi connectivity index (χ0n) is 14.2. The summed E-state index contributed by atoms with van der Waals surface area (Å²) in [5.41, 5.74) is 1.80. The lowest BCUT2D eigenvalue weighted by Crippen LogP contribution is -2.33. The van der Waals surface area contributed by atoms with Gasteiger partial charge in [0.05, 0.1) is 11.6 Å². The minimum absolute atomic E-state index is 0. The number of carbonyl (C=O) groups excluding carboxylic acids is 1.